The quantitative estimate of drug-likeness (QED) is 0.346. The van der Waals surface area contributed by atoms with E-state index in [0.717, 1.165) is 0 Å². The molecule has 3 heterocycles. The molecule has 5 N–H and O–H groups in total. The molecule has 25 heavy (non-hydrogen) atoms. The van der Waals surface area contributed by atoms with Crippen LogP contribution in [-0.4, -0.2) is 71.7 Å². The Labute approximate surface area is 139 Å². The smallest absolute Gasteiger partial charge is 0.317 e. The highest BCUT2D eigenvalue weighted by Crippen LogP contribution is 2.32. The molecule has 0 radical (unpaired) electrons. The van der Waals surface area contributed by atoms with E-state index in [-0.39, 0.29) is 5.82 Å². The van der Waals surface area contributed by atoms with Gasteiger partial charge in [0, 0.05) is 0 Å². The molecule has 0 saturated carbocycles. The summed E-state index contributed by atoms with van der Waals surface area (Å²) in [7, 11) is 0. The van der Waals surface area contributed by atoms with Crippen LogP contribution in [0.3, 0.4) is 0 Å². The minimum Gasteiger partial charge on any atom is -0.481 e. The van der Waals surface area contributed by atoms with E-state index in [1.165, 1.54) is 17.2 Å². The number of imidazole rings is 1. The lowest BCUT2D eigenvalue weighted by atomic mass is 10.1. The number of carboxylic acids is 1. The van der Waals surface area contributed by atoms with Crippen molar-refractivity contribution in [1.29, 1.82) is 0 Å². The Bertz CT molecular complexity index is 809. The molecule has 2 aromatic rings. The molecule has 1 aliphatic heterocycles. The first kappa shape index (κ1) is 17.0. The average molecular weight is 353 g/mol. The summed E-state index contributed by atoms with van der Waals surface area (Å²) in [6.07, 6.45) is -3.06. The molecule has 12 heteroatoms. The number of esters is 1. The van der Waals surface area contributed by atoms with Crippen LogP contribution in [0.25, 0.3) is 11.2 Å². The number of aromatic nitrogens is 4. The van der Waals surface area contributed by atoms with Gasteiger partial charge in [-0.1, -0.05) is 0 Å². The summed E-state index contributed by atoms with van der Waals surface area (Å²) in [5.74, 6) is -2.16. The van der Waals surface area contributed by atoms with Gasteiger partial charge in [-0.05, 0) is 0 Å². The standard InChI is InChI=1S/C13H15N5O7/c14-11-8-12(16-3-15-11)18(4-17-8)13-10(23)9(22)5(25-13)2-24-7(21)1-6(19)20/h3-5,9-10,13,22-23H,1-2H2,(H,19,20)(H2,14,15,16)/t5-,9-,10-,13-/m0/s1. The second-order valence-electron chi connectivity index (χ2n) is 5.38. The maximum Gasteiger partial charge on any atom is 0.317 e. The fourth-order valence-corrected chi connectivity index (χ4v) is 2.50. The second-order valence-corrected chi connectivity index (χ2v) is 5.38. The van der Waals surface area contributed by atoms with Crippen molar-refractivity contribution in [3.8, 4) is 0 Å². The largest absolute Gasteiger partial charge is 0.481 e. The van der Waals surface area contributed by atoms with Crippen LogP contribution in [0.4, 0.5) is 5.82 Å². The zero-order chi connectivity index (χ0) is 18.1. The molecule has 0 amide bonds. The summed E-state index contributed by atoms with van der Waals surface area (Å²) in [4.78, 5) is 33.6. The van der Waals surface area contributed by atoms with Crippen LogP contribution >= 0.6 is 0 Å². The first-order chi connectivity index (χ1) is 11.9. The van der Waals surface area contributed by atoms with Crippen molar-refractivity contribution in [3.05, 3.63) is 12.7 Å². The minimum absolute atomic E-state index is 0.149. The van der Waals surface area contributed by atoms with Crippen molar-refractivity contribution in [3.63, 3.8) is 0 Å². The average Bonchev–Trinajstić information content (AvgIpc) is 3.09. The Morgan fingerprint density at radius 3 is 2.76 bits per heavy atom. The number of hydrogen-bond donors (Lipinski definition) is 4. The normalized spacial score (nSPS) is 26.0. The van der Waals surface area contributed by atoms with Gasteiger partial charge in [0.15, 0.2) is 17.7 Å². The molecule has 4 atom stereocenters. The van der Waals surface area contributed by atoms with Crippen molar-refractivity contribution in [2.45, 2.75) is 31.0 Å². The number of nitrogen functional groups attached to an aromatic ring is 1. The lowest BCUT2D eigenvalue weighted by Crippen LogP contribution is -2.34. The molecular weight excluding hydrogens is 338 g/mol. The fourth-order valence-electron chi connectivity index (χ4n) is 2.50. The molecule has 12 nitrogen and oxygen atoms in total. The number of hydrogen-bond acceptors (Lipinski definition) is 10. The Kier molecular flexibility index (Phi) is 4.48. The number of nitrogens with zero attached hydrogens (tertiary/aromatic N) is 4. The first-order valence-electron chi connectivity index (χ1n) is 7.20. The Balaban J connectivity index is 1.74. The third kappa shape index (κ3) is 3.22. The predicted molar refractivity (Wildman–Crippen MR) is 78.9 cm³/mol. The molecule has 1 aliphatic rings. The van der Waals surface area contributed by atoms with Gasteiger partial charge in [0.25, 0.3) is 0 Å². The van der Waals surface area contributed by atoms with Crippen molar-refractivity contribution in [2.75, 3.05) is 12.3 Å². The van der Waals surface area contributed by atoms with E-state index in [0.29, 0.717) is 11.2 Å². The summed E-state index contributed by atoms with van der Waals surface area (Å²) < 4.78 is 11.6. The van der Waals surface area contributed by atoms with Crippen molar-refractivity contribution in [2.24, 2.45) is 0 Å². The Morgan fingerprint density at radius 1 is 1.28 bits per heavy atom. The van der Waals surface area contributed by atoms with E-state index >= 15 is 0 Å². The third-order valence-electron chi connectivity index (χ3n) is 3.70. The second kappa shape index (κ2) is 6.58. The zero-order valence-electron chi connectivity index (χ0n) is 12.7. The number of carboxylic acid groups (broad SMARTS) is 1. The number of aliphatic carboxylic acids is 1. The van der Waals surface area contributed by atoms with Gasteiger partial charge in [-0.2, -0.15) is 0 Å². The molecule has 1 saturated heterocycles. The van der Waals surface area contributed by atoms with Gasteiger partial charge < -0.3 is 30.5 Å². The first-order valence-corrected chi connectivity index (χ1v) is 7.20. The van der Waals surface area contributed by atoms with Crippen molar-refractivity contribution >= 4 is 28.9 Å². The van der Waals surface area contributed by atoms with Gasteiger partial charge >= 0.3 is 11.9 Å². The highest BCUT2D eigenvalue weighted by Gasteiger charge is 2.45. The van der Waals surface area contributed by atoms with Gasteiger partial charge in [-0.15, -0.1) is 0 Å². The van der Waals surface area contributed by atoms with Crippen LogP contribution in [0, 0.1) is 0 Å². The summed E-state index contributed by atoms with van der Waals surface area (Å²) >= 11 is 0. The van der Waals surface area contributed by atoms with Gasteiger partial charge in [-0.25, -0.2) is 15.0 Å². The number of carbonyl (C=O) groups is 2. The van der Waals surface area contributed by atoms with Gasteiger partial charge in [0.1, 0.15) is 43.2 Å². The van der Waals surface area contributed by atoms with Gasteiger partial charge in [0.05, 0.1) is 6.33 Å². The number of fused-ring (bicyclic) bond motifs is 1. The summed E-state index contributed by atoms with van der Waals surface area (Å²) in [5.41, 5.74) is 6.30. The number of rotatable bonds is 5. The number of aliphatic hydroxyl groups excluding tert-OH is 2. The molecule has 0 unspecified atom stereocenters. The molecule has 0 aliphatic carbocycles. The Hall–Kier alpha value is -2.83. The Morgan fingerprint density at radius 2 is 2.04 bits per heavy atom. The highest BCUT2D eigenvalue weighted by molar-refractivity contribution is 5.90. The molecular formula is C13H15N5O7. The molecule has 1 fully saturated rings. The van der Waals surface area contributed by atoms with E-state index in [2.05, 4.69) is 15.0 Å². The molecule has 2 aromatic heterocycles. The topological polar surface area (TPSA) is 183 Å². The highest BCUT2D eigenvalue weighted by atomic mass is 16.6. The van der Waals surface area contributed by atoms with Gasteiger partial charge in [0.2, 0.25) is 0 Å². The van der Waals surface area contributed by atoms with Crippen molar-refractivity contribution < 1.29 is 34.4 Å². The zero-order valence-corrected chi connectivity index (χ0v) is 12.7. The summed E-state index contributed by atoms with van der Waals surface area (Å²) in [5, 5.41) is 28.8. The van der Waals surface area contributed by atoms with E-state index in [1.54, 1.807) is 0 Å². The monoisotopic (exact) mass is 353 g/mol. The minimum atomic E-state index is -1.36. The van der Waals surface area contributed by atoms with E-state index < -0.39 is 49.5 Å². The van der Waals surface area contributed by atoms with Crippen LogP contribution in [0.1, 0.15) is 12.6 Å². The summed E-state index contributed by atoms with van der Waals surface area (Å²) in [6.45, 7) is -0.412. The third-order valence-corrected chi connectivity index (χ3v) is 3.70. The van der Waals surface area contributed by atoms with Crippen LogP contribution in [-0.2, 0) is 19.1 Å². The van der Waals surface area contributed by atoms with Crippen LogP contribution in [0.15, 0.2) is 12.7 Å². The van der Waals surface area contributed by atoms with Gasteiger partial charge in [-0.3, -0.25) is 14.2 Å². The number of ether oxygens (including phenoxy) is 2. The molecule has 134 valence electrons. The maximum atomic E-state index is 11.3. The number of nitrogens with two attached hydrogens (primary N) is 1. The molecule has 3 rings (SSSR count). The number of anilines is 1. The lowest BCUT2D eigenvalue weighted by molar-refractivity contribution is -0.155. The SMILES string of the molecule is Nc1ncnc2c1ncn2[C@H]1O[C@@H](COC(=O)CC(=O)O)[C@H](O)[C@@H]1O. The molecule has 0 bridgehead atoms. The van der Waals surface area contributed by atoms with Crippen LogP contribution < -0.4 is 5.73 Å². The van der Waals surface area contributed by atoms with E-state index in [9.17, 15) is 19.8 Å². The van der Waals surface area contributed by atoms with E-state index in [4.69, 9.17) is 20.3 Å². The maximum absolute atomic E-state index is 11.3. The predicted octanol–water partition coefficient (Wildman–Crippen LogP) is -1.95. The number of aliphatic hydroxyl groups is 2. The lowest BCUT2D eigenvalue weighted by Gasteiger charge is -2.16. The fraction of sp³-hybridized carbons (Fsp3) is 0.462. The van der Waals surface area contributed by atoms with Crippen LogP contribution in [0.5, 0.6) is 0 Å². The van der Waals surface area contributed by atoms with Crippen LogP contribution in [0.2, 0.25) is 0 Å². The van der Waals surface area contributed by atoms with Crippen molar-refractivity contribution in [1.82, 2.24) is 19.5 Å². The van der Waals surface area contributed by atoms with E-state index in [1.807, 2.05) is 0 Å². The molecule has 0 spiro atoms. The summed E-state index contributed by atoms with van der Waals surface area (Å²) in [6, 6.07) is 0. The molecule has 0 aromatic carbocycles. The number of carbonyl (C=O) groups excluding carboxylic acids is 1.